The minimum Gasteiger partial charge on any atom is -0.350 e. The fourth-order valence-electron chi connectivity index (χ4n) is 3.05. The summed E-state index contributed by atoms with van der Waals surface area (Å²) in [5, 5.41) is 0. The maximum absolute atomic E-state index is 12.6. The molecule has 7 heteroatoms. The molecule has 22 heavy (non-hydrogen) atoms. The van der Waals surface area contributed by atoms with Crippen LogP contribution in [0.25, 0.3) is 11.0 Å². The maximum Gasteiger partial charge on any atom is 0.253 e. The van der Waals surface area contributed by atoms with E-state index >= 15 is 0 Å². The van der Waals surface area contributed by atoms with Gasteiger partial charge in [-0.25, -0.2) is 0 Å². The molecular formula is C15H17N3O3S. The number of hydrogen-bond donors (Lipinski definition) is 0. The van der Waals surface area contributed by atoms with Gasteiger partial charge < -0.3 is 14.4 Å². The first-order valence-corrected chi connectivity index (χ1v) is 8.28. The van der Waals surface area contributed by atoms with Crippen LogP contribution in [-0.4, -0.2) is 51.6 Å². The fourth-order valence-corrected chi connectivity index (χ4v) is 3.57. The second-order valence-electron chi connectivity index (χ2n) is 5.72. The third-order valence-electron chi connectivity index (χ3n) is 4.33. The Hall–Kier alpha value is -1.57. The molecule has 1 aromatic heterocycles. The van der Waals surface area contributed by atoms with Crippen molar-refractivity contribution in [3.05, 3.63) is 23.8 Å². The normalized spacial score (nSPS) is 21.4. The van der Waals surface area contributed by atoms with E-state index in [0.717, 1.165) is 43.5 Å². The number of benzene rings is 1. The van der Waals surface area contributed by atoms with Crippen LogP contribution in [0.4, 0.5) is 0 Å². The molecule has 0 aliphatic carbocycles. The van der Waals surface area contributed by atoms with Crippen molar-refractivity contribution in [2.75, 3.05) is 26.3 Å². The number of nitrogens with zero attached hydrogens (tertiary/aromatic N) is 3. The minimum absolute atomic E-state index is 0.0422. The smallest absolute Gasteiger partial charge is 0.253 e. The van der Waals surface area contributed by atoms with Crippen molar-refractivity contribution < 1.29 is 14.3 Å². The van der Waals surface area contributed by atoms with Gasteiger partial charge in [0.15, 0.2) is 5.79 Å². The van der Waals surface area contributed by atoms with Crippen LogP contribution in [0.2, 0.25) is 0 Å². The van der Waals surface area contributed by atoms with E-state index in [-0.39, 0.29) is 5.91 Å². The molecule has 0 radical (unpaired) electrons. The fraction of sp³-hybridized carbons (Fsp3) is 0.533. The highest BCUT2D eigenvalue weighted by molar-refractivity contribution is 7.00. The van der Waals surface area contributed by atoms with Crippen LogP contribution in [0.5, 0.6) is 0 Å². The number of hydrogen-bond acceptors (Lipinski definition) is 6. The Balaban J connectivity index is 1.47. The zero-order valence-corrected chi connectivity index (χ0v) is 13.0. The topological polar surface area (TPSA) is 64.6 Å². The molecule has 2 fully saturated rings. The quantitative estimate of drug-likeness (QED) is 0.805. The third-order valence-corrected chi connectivity index (χ3v) is 4.89. The molecule has 2 aromatic rings. The zero-order valence-electron chi connectivity index (χ0n) is 12.2. The van der Waals surface area contributed by atoms with Gasteiger partial charge in [-0.1, -0.05) is 0 Å². The summed E-state index contributed by atoms with van der Waals surface area (Å²) in [5.74, 6) is -0.418. The molecule has 0 N–H and O–H groups in total. The van der Waals surface area contributed by atoms with Gasteiger partial charge in [-0.3, -0.25) is 4.79 Å². The number of ether oxygens (including phenoxy) is 2. The molecule has 0 unspecified atom stereocenters. The summed E-state index contributed by atoms with van der Waals surface area (Å²) >= 11 is 1.17. The lowest BCUT2D eigenvalue weighted by atomic mass is 10.0. The lowest BCUT2D eigenvalue weighted by Crippen LogP contribution is -2.51. The van der Waals surface area contributed by atoms with Crippen molar-refractivity contribution >= 4 is 28.7 Å². The predicted molar refractivity (Wildman–Crippen MR) is 81.8 cm³/mol. The maximum atomic E-state index is 12.6. The third kappa shape index (κ3) is 2.49. The number of carbonyl (C=O) groups excluding carboxylic acids is 1. The van der Waals surface area contributed by atoms with Crippen LogP contribution in [0.3, 0.4) is 0 Å². The number of rotatable bonds is 1. The van der Waals surface area contributed by atoms with E-state index in [4.69, 9.17) is 9.47 Å². The summed E-state index contributed by atoms with van der Waals surface area (Å²) in [7, 11) is 0. The van der Waals surface area contributed by atoms with Gasteiger partial charge in [-0.2, -0.15) is 8.75 Å². The predicted octanol–water partition coefficient (Wildman–Crippen LogP) is 2.06. The summed E-state index contributed by atoms with van der Waals surface area (Å²) in [4.78, 5) is 14.5. The molecule has 0 saturated carbocycles. The van der Waals surface area contributed by atoms with E-state index in [0.29, 0.717) is 18.7 Å². The Kier molecular flexibility index (Phi) is 3.56. The average Bonchev–Trinajstić information content (AvgIpc) is 3.03. The van der Waals surface area contributed by atoms with E-state index in [9.17, 15) is 4.79 Å². The van der Waals surface area contributed by atoms with Gasteiger partial charge in [0.2, 0.25) is 0 Å². The Bertz CT molecular complexity index is 686. The SMILES string of the molecule is O=C(c1ccc2nsnc2c1)N1CCC2(CC1)OCCCO2. The molecule has 0 atom stereocenters. The number of fused-ring (bicyclic) bond motifs is 1. The Morgan fingerprint density at radius 1 is 1.14 bits per heavy atom. The molecule has 116 valence electrons. The molecule has 1 spiro atoms. The highest BCUT2D eigenvalue weighted by Crippen LogP contribution is 2.31. The van der Waals surface area contributed by atoms with E-state index in [1.807, 2.05) is 23.1 Å². The van der Waals surface area contributed by atoms with Gasteiger partial charge in [0.1, 0.15) is 11.0 Å². The lowest BCUT2D eigenvalue weighted by molar-refractivity contribution is -0.281. The van der Waals surface area contributed by atoms with Crippen molar-refractivity contribution in [2.45, 2.75) is 25.0 Å². The van der Waals surface area contributed by atoms with E-state index in [1.165, 1.54) is 11.7 Å². The monoisotopic (exact) mass is 319 g/mol. The standard InChI is InChI=1S/C15H17N3O3S/c19-14(11-2-3-12-13(10-11)17-22-16-12)18-6-4-15(5-7-18)20-8-1-9-21-15/h2-3,10H,1,4-9H2. The molecule has 1 amide bonds. The van der Waals surface area contributed by atoms with Crippen molar-refractivity contribution in [2.24, 2.45) is 0 Å². The second kappa shape index (κ2) is 5.57. The van der Waals surface area contributed by atoms with Crippen LogP contribution in [-0.2, 0) is 9.47 Å². The average molecular weight is 319 g/mol. The Morgan fingerprint density at radius 2 is 1.86 bits per heavy atom. The van der Waals surface area contributed by atoms with E-state index in [1.54, 1.807) is 0 Å². The summed E-state index contributed by atoms with van der Waals surface area (Å²) in [6.45, 7) is 2.82. The summed E-state index contributed by atoms with van der Waals surface area (Å²) in [5.41, 5.74) is 2.29. The summed E-state index contributed by atoms with van der Waals surface area (Å²) < 4.78 is 20.0. The first-order valence-electron chi connectivity index (χ1n) is 7.55. The number of amides is 1. The highest BCUT2D eigenvalue weighted by atomic mass is 32.1. The lowest BCUT2D eigenvalue weighted by Gasteiger charge is -2.43. The van der Waals surface area contributed by atoms with Gasteiger partial charge in [0.25, 0.3) is 5.91 Å². The van der Waals surface area contributed by atoms with Crippen LogP contribution < -0.4 is 0 Å². The van der Waals surface area contributed by atoms with Gasteiger partial charge in [0, 0.05) is 31.5 Å². The molecule has 2 saturated heterocycles. The minimum atomic E-state index is -0.460. The molecule has 0 bridgehead atoms. The molecule has 2 aliphatic heterocycles. The Labute approximate surface area is 132 Å². The van der Waals surface area contributed by atoms with Crippen molar-refractivity contribution in [1.82, 2.24) is 13.6 Å². The van der Waals surface area contributed by atoms with Gasteiger partial charge in [-0.05, 0) is 24.6 Å². The summed E-state index contributed by atoms with van der Waals surface area (Å²) in [6.07, 6.45) is 2.42. The zero-order chi connectivity index (χ0) is 15.0. The first-order chi connectivity index (χ1) is 10.8. The Morgan fingerprint density at radius 3 is 2.64 bits per heavy atom. The van der Waals surface area contributed by atoms with E-state index in [2.05, 4.69) is 8.75 Å². The first kappa shape index (κ1) is 14.0. The molecule has 6 nitrogen and oxygen atoms in total. The van der Waals surface area contributed by atoms with Gasteiger partial charge >= 0.3 is 0 Å². The van der Waals surface area contributed by atoms with Crippen LogP contribution in [0.15, 0.2) is 18.2 Å². The number of likely N-dealkylation sites (tertiary alicyclic amines) is 1. The highest BCUT2D eigenvalue weighted by Gasteiger charge is 2.39. The van der Waals surface area contributed by atoms with Crippen molar-refractivity contribution in [3.63, 3.8) is 0 Å². The number of piperidine rings is 1. The molecular weight excluding hydrogens is 302 g/mol. The number of carbonyl (C=O) groups is 1. The van der Waals surface area contributed by atoms with Gasteiger partial charge in [0.05, 0.1) is 24.9 Å². The molecule has 2 aliphatic rings. The van der Waals surface area contributed by atoms with Gasteiger partial charge in [-0.15, -0.1) is 0 Å². The molecule has 4 rings (SSSR count). The van der Waals surface area contributed by atoms with Crippen LogP contribution in [0, 0.1) is 0 Å². The second-order valence-corrected chi connectivity index (χ2v) is 6.25. The van der Waals surface area contributed by atoms with Crippen molar-refractivity contribution in [3.8, 4) is 0 Å². The summed E-state index contributed by atoms with van der Waals surface area (Å²) in [6, 6.07) is 5.49. The van der Waals surface area contributed by atoms with Crippen LogP contribution >= 0.6 is 11.7 Å². The number of aromatic nitrogens is 2. The van der Waals surface area contributed by atoms with Crippen molar-refractivity contribution in [1.29, 1.82) is 0 Å². The van der Waals surface area contributed by atoms with E-state index < -0.39 is 5.79 Å². The van der Waals surface area contributed by atoms with Crippen LogP contribution in [0.1, 0.15) is 29.6 Å². The largest absolute Gasteiger partial charge is 0.350 e. The molecule has 1 aromatic carbocycles. The molecule has 3 heterocycles.